The Morgan fingerprint density at radius 2 is 1.83 bits per heavy atom. The fourth-order valence-corrected chi connectivity index (χ4v) is 2.71. The molecule has 0 radical (unpaired) electrons. The zero-order valence-corrected chi connectivity index (χ0v) is 11.4. The molecule has 0 spiro atoms. The molecule has 0 bridgehead atoms. The molecule has 18 heavy (non-hydrogen) atoms. The highest BCUT2D eigenvalue weighted by molar-refractivity contribution is 6.05. The van der Waals surface area contributed by atoms with Crippen molar-refractivity contribution in [3.05, 3.63) is 0 Å². The summed E-state index contributed by atoms with van der Waals surface area (Å²) in [6.45, 7) is 2.01. The number of nitrogens with zero attached hydrogens (tertiary/aromatic N) is 2. The standard InChI is InChI=1S/C13H22N2O3/c1-14-8-4-10(5-9-14)15(2)11(16)13(6-7-13)12(17)18-3/h10H,4-9H2,1-3H3. The Hall–Kier alpha value is -1.10. The molecule has 1 amide bonds. The molecule has 1 saturated carbocycles. The van der Waals surface area contributed by atoms with E-state index in [-0.39, 0.29) is 17.9 Å². The Morgan fingerprint density at radius 1 is 1.28 bits per heavy atom. The van der Waals surface area contributed by atoms with E-state index in [9.17, 15) is 9.59 Å². The number of carbonyl (C=O) groups excluding carboxylic acids is 2. The monoisotopic (exact) mass is 254 g/mol. The molecule has 0 aromatic rings. The smallest absolute Gasteiger partial charge is 0.321 e. The molecule has 1 saturated heterocycles. The number of carbonyl (C=O) groups is 2. The van der Waals surface area contributed by atoms with E-state index < -0.39 is 5.41 Å². The number of hydrogen-bond donors (Lipinski definition) is 0. The van der Waals surface area contributed by atoms with Crippen LogP contribution in [0.15, 0.2) is 0 Å². The molecule has 1 aliphatic heterocycles. The molecule has 0 N–H and O–H groups in total. The number of ether oxygens (including phenoxy) is 1. The van der Waals surface area contributed by atoms with Crippen LogP contribution in [0.2, 0.25) is 0 Å². The summed E-state index contributed by atoms with van der Waals surface area (Å²) in [6.07, 6.45) is 3.23. The minimum absolute atomic E-state index is 0.0519. The van der Waals surface area contributed by atoms with Crippen molar-refractivity contribution >= 4 is 11.9 Å². The molecule has 2 aliphatic rings. The second-order valence-corrected chi connectivity index (χ2v) is 5.52. The van der Waals surface area contributed by atoms with Gasteiger partial charge in [0.25, 0.3) is 0 Å². The molecule has 5 heteroatoms. The van der Waals surface area contributed by atoms with Gasteiger partial charge in [-0.15, -0.1) is 0 Å². The Balaban J connectivity index is 1.99. The number of amides is 1. The minimum Gasteiger partial charge on any atom is -0.468 e. The van der Waals surface area contributed by atoms with E-state index in [1.54, 1.807) is 4.90 Å². The number of hydrogen-bond acceptors (Lipinski definition) is 4. The van der Waals surface area contributed by atoms with Gasteiger partial charge in [0.15, 0.2) is 0 Å². The summed E-state index contributed by atoms with van der Waals surface area (Å²) in [5.74, 6) is -0.420. The molecule has 0 aromatic heterocycles. The molecule has 0 aromatic carbocycles. The van der Waals surface area contributed by atoms with Crippen LogP contribution in [0.3, 0.4) is 0 Å². The van der Waals surface area contributed by atoms with Crippen molar-refractivity contribution in [3.8, 4) is 0 Å². The quantitative estimate of drug-likeness (QED) is 0.543. The fourth-order valence-electron chi connectivity index (χ4n) is 2.71. The van der Waals surface area contributed by atoms with E-state index in [0.29, 0.717) is 12.8 Å². The van der Waals surface area contributed by atoms with E-state index in [1.807, 2.05) is 7.05 Å². The molecule has 0 atom stereocenters. The number of piperidine rings is 1. The predicted octanol–water partition coefficient (Wildman–Crippen LogP) is 0.492. The van der Waals surface area contributed by atoms with Crippen molar-refractivity contribution in [2.75, 3.05) is 34.3 Å². The lowest BCUT2D eigenvalue weighted by molar-refractivity contribution is -0.156. The molecule has 2 fully saturated rings. The maximum Gasteiger partial charge on any atom is 0.321 e. The summed E-state index contributed by atoms with van der Waals surface area (Å²) in [6, 6.07) is 0.260. The van der Waals surface area contributed by atoms with Crippen LogP contribution >= 0.6 is 0 Å². The molecular formula is C13H22N2O3. The summed E-state index contributed by atoms with van der Waals surface area (Å²) < 4.78 is 4.76. The highest BCUT2D eigenvalue weighted by atomic mass is 16.5. The minimum atomic E-state index is -0.854. The van der Waals surface area contributed by atoms with Crippen LogP contribution in [-0.4, -0.2) is 62.0 Å². The third kappa shape index (κ3) is 2.23. The van der Waals surface area contributed by atoms with Crippen LogP contribution in [0, 0.1) is 5.41 Å². The van der Waals surface area contributed by atoms with Crippen LogP contribution in [0.4, 0.5) is 0 Å². The molecule has 1 heterocycles. The second kappa shape index (κ2) is 4.88. The molecule has 0 unspecified atom stereocenters. The van der Waals surface area contributed by atoms with E-state index in [2.05, 4.69) is 11.9 Å². The van der Waals surface area contributed by atoms with Crippen molar-refractivity contribution in [1.82, 2.24) is 9.80 Å². The lowest BCUT2D eigenvalue weighted by Crippen LogP contribution is -2.48. The highest BCUT2D eigenvalue weighted by Crippen LogP contribution is 2.48. The molecule has 2 rings (SSSR count). The lowest BCUT2D eigenvalue weighted by Gasteiger charge is -2.36. The summed E-state index contributed by atoms with van der Waals surface area (Å²) in [4.78, 5) is 28.2. The predicted molar refractivity (Wildman–Crippen MR) is 67.0 cm³/mol. The van der Waals surface area contributed by atoms with Gasteiger partial charge in [-0.3, -0.25) is 9.59 Å². The van der Waals surface area contributed by atoms with E-state index in [0.717, 1.165) is 25.9 Å². The number of methoxy groups -OCH3 is 1. The first kappa shape index (κ1) is 13.3. The maximum atomic E-state index is 12.4. The number of likely N-dealkylation sites (tertiary alicyclic amines) is 1. The zero-order chi connectivity index (χ0) is 13.3. The number of esters is 1. The third-order valence-electron chi connectivity index (χ3n) is 4.29. The van der Waals surface area contributed by atoms with Crippen LogP contribution in [0.1, 0.15) is 25.7 Å². The first-order valence-corrected chi connectivity index (χ1v) is 6.55. The van der Waals surface area contributed by atoms with Crippen molar-refractivity contribution in [3.63, 3.8) is 0 Å². The summed E-state index contributed by atoms with van der Waals surface area (Å²) in [7, 11) is 5.27. The fraction of sp³-hybridized carbons (Fsp3) is 0.846. The van der Waals surface area contributed by atoms with Gasteiger partial charge in [-0.1, -0.05) is 0 Å². The van der Waals surface area contributed by atoms with Crippen LogP contribution in [-0.2, 0) is 14.3 Å². The molecule has 5 nitrogen and oxygen atoms in total. The molecule has 1 aliphatic carbocycles. The summed E-state index contributed by atoms with van der Waals surface area (Å²) >= 11 is 0. The Bertz CT molecular complexity index is 344. The Kier molecular flexibility index (Phi) is 3.61. The van der Waals surface area contributed by atoms with E-state index >= 15 is 0 Å². The average molecular weight is 254 g/mol. The van der Waals surface area contributed by atoms with Crippen molar-refractivity contribution in [2.45, 2.75) is 31.7 Å². The van der Waals surface area contributed by atoms with Gasteiger partial charge in [-0.05, 0) is 45.8 Å². The Labute approximate surface area is 108 Å². The molecule has 102 valence electrons. The SMILES string of the molecule is COC(=O)C1(C(=O)N(C)C2CCN(C)CC2)CC1. The Morgan fingerprint density at radius 3 is 2.28 bits per heavy atom. The maximum absolute atomic E-state index is 12.4. The average Bonchev–Trinajstić information content (AvgIpc) is 3.18. The molecular weight excluding hydrogens is 232 g/mol. The van der Waals surface area contributed by atoms with Crippen LogP contribution in [0.5, 0.6) is 0 Å². The topological polar surface area (TPSA) is 49.9 Å². The van der Waals surface area contributed by atoms with Gasteiger partial charge in [-0.25, -0.2) is 0 Å². The van der Waals surface area contributed by atoms with Crippen LogP contribution in [0.25, 0.3) is 0 Å². The normalized spacial score (nSPS) is 23.5. The second-order valence-electron chi connectivity index (χ2n) is 5.52. The van der Waals surface area contributed by atoms with Gasteiger partial charge in [0.2, 0.25) is 5.91 Å². The van der Waals surface area contributed by atoms with E-state index in [1.165, 1.54) is 7.11 Å². The largest absolute Gasteiger partial charge is 0.468 e. The van der Waals surface area contributed by atoms with Crippen molar-refractivity contribution in [1.29, 1.82) is 0 Å². The van der Waals surface area contributed by atoms with Crippen molar-refractivity contribution < 1.29 is 14.3 Å². The van der Waals surface area contributed by atoms with Gasteiger partial charge in [-0.2, -0.15) is 0 Å². The summed E-state index contributed by atoms with van der Waals surface area (Å²) in [5, 5.41) is 0. The van der Waals surface area contributed by atoms with Gasteiger partial charge in [0.05, 0.1) is 7.11 Å². The van der Waals surface area contributed by atoms with Crippen molar-refractivity contribution in [2.24, 2.45) is 5.41 Å². The summed E-state index contributed by atoms with van der Waals surface area (Å²) in [5.41, 5.74) is -0.854. The first-order chi connectivity index (χ1) is 8.51. The number of rotatable bonds is 3. The van der Waals surface area contributed by atoms with Gasteiger partial charge >= 0.3 is 5.97 Å². The highest BCUT2D eigenvalue weighted by Gasteiger charge is 2.59. The van der Waals surface area contributed by atoms with Gasteiger partial charge in [0.1, 0.15) is 5.41 Å². The van der Waals surface area contributed by atoms with Gasteiger partial charge < -0.3 is 14.5 Å². The first-order valence-electron chi connectivity index (χ1n) is 6.55. The zero-order valence-electron chi connectivity index (χ0n) is 11.4. The lowest BCUT2D eigenvalue weighted by atomic mass is 10.00. The van der Waals surface area contributed by atoms with E-state index in [4.69, 9.17) is 4.74 Å². The third-order valence-corrected chi connectivity index (χ3v) is 4.29. The van der Waals surface area contributed by atoms with Gasteiger partial charge in [0, 0.05) is 13.1 Å². The van der Waals surface area contributed by atoms with Crippen LogP contribution < -0.4 is 0 Å².